The Balaban J connectivity index is 2.78. The molecule has 132 valence electrons. The van der Waals surface area contributed by atoms with E-state index in [1.54, 1.807) is 31.2 Å². The van der Waals surface area contributed by atoms with Crippen LogP contribution >= 0.6 is 0 Å². The van der Waals surface area contributed by atoms with Gasteiger partial charge in [-0.05, 0) is 43.0 Å². The number of amides is 1. The van der Waals surface area contributed by atoms with Crippen molar-refractivity contribution in [1.29, 1.82) is 0 Å². The summed E-state index contributed by atoms with van der Waals surface area (Å²) in [4.78, 5) is 23.8. The molecule has 5 N–H and O–H groups in total. The molecule has 0 spiro atoms. The molecule has 0 saturated carbocycles. The van der Waals surface area contributed by atoms with Gasteiger partial charge in [-0.25, -0.2) is 4.79 Å². The fourth-order valence-electron chi connectivity index (χ4n) is 1.73. The first-order valence-electron chi connectivity index (χ1n) is 7.43. The van der Waals surface area contributed by atoms with Gasteiger partial charge in [-0.1, -0.05) is 11.8 Å². The van der Waals surface area contributed by atoms with Gasteiger partial charge in [0.05, 0.1) is 13.7 Å². The number of esters is 1. The number of nitrogens with two attached hydrogens (primary N) is 1. The lowest BCUT2D eigenvalue weighted by atomic mass is 10.1. The second kappa shape index (κ2) is 10.1. The molecule has 1 rings (SSSR count). The first-order chi connectivity index (χ1) is 11.9. The van der Waals surface area contributed by atoms with Gasteiger partial charge >= 0.3 is 5.97 Å². The van der Waals surface area contributed by atoms with E-state index >= 15 is 0 Å². The molecule has 1 aromatic carbocycles. The third kappa shape index (κ3) is 6.66. The van der Waals surface area contributed by atoms with Gasteiger partial charge in [0, 0.05) is 17.2 Å². The van der Waals surface area contributed by atoms with Crippen LogP contribution < -0.4 is 11.1 Å². The second-order valence-electron chi connectivity index (χ2n) is 5.13. The standard InChI is InChI=1S/C18H20N2O5/c1-12(19)16(18(24)25-2)20-17(23)14-9-7-13(8-10-14)5-3-4-6-15(22)11-21/h7-10,12,15-16,21-22H,11,19H2,1-2H3,(H,20,23)/t12-,15?,16+/m1/s1. The smallest absolute Gasteiger partial charge is 0.329 e. The van der Waals surface area contributed by atoms with Gasteiger partial charge in [-0.2, -0.15) is 0 Å². The number of hydrogen-bond acceptors (Lipinski definition) is 6. The van der Waals surface area contributed by atoms with Crippen molar-refractivity contribution < 1.29 is 24.5 Å². The fraction of sp³-hybridized carbons (Fsp3) is 0.333. The molecule has 0 aliphatic heterocycles. The van der Waals surface area contributed by atoms with Crippen LogP contribution in [-0.2, 0) is 9.53 Å². The summed E-state index contributed by atoms with van der Waals surface area (Å²) in [6, 6.07) is 4.78. The lowest BCUT2D eigenvalue weighted by molar-refractivity contribution is -0.143. The number of aliphatic hydroxyl groups excluding tert-OH is 2. The van der Waals surface area contributed by atoms with E-state index in [9.17, 15) is 9.59 Å². The lowest BCUT2D eigenvalue weighted by Crippen LogP contribution is -2.51. The van der Waals surface area contributed by atoms with Crippen molar-refractivity contribution in [1.82, 2.24) is 5.32 Å². The SMILES string of the molecule is COC(=O)[C@@H](NC(=O)c1ccc(C#CC#CC(O)CO)cc1)[C@@H](C)N. The van der Waals surface area contributed by atoms with Gasteiger partial charge in [-0.3, -0.25) is 4.79 Å². The molecule has 0 bridgehead atoms. The highest BCUT2D eigenvalue weighted by molar-refractivity contribution is 5.97. The number of ether oxygens (including phenoxy) is 1. The number of nitrogens with one attached hydrogen (secondary N) is 1. The molecule has 0 aliphatic rings. The van der Waals surface area contributed by atoms with E-state index in [0.29, 0.717) is 11.1 Å². The average Bonchev–Trinajstić information content (AvgIpc) is 2.62. The Kier molecular flexibility index (Phi) is 8.17. The molecule has 1 amide bonds. The Bertz CT molecular complexity index is 720. The number of carbonyl (C=O) groups is 2. The maximum atomic E-state index is 12.2. The van der Waals surface area contributed by atoms with Gasteiger partial charge < -0.3 is 26.0 Å². The number of carbonyl (C=O) groups excluding carboxylic acids is 2. The molecule has 0 aliphatic carbocycles. The van der Waals surface area contributed by atoms with E-state index in [2.05, 4.69) is 33.7 Å². The fourth-order valence-corrected chi connectivity index (χ4v) is 1.73. The summed E-state index contributed by atoms with van der Waals surface area (Å²) in [6.07, 6.45) is -1.12. The maximum absolute atomic E-state index is 12.2. The van der Waals surface area contributed by atoms with Crippen molar-refractivity contribution in [2.45, 2.75) is 25.1 Å². The quantitative estimate of drug-likeness (QED) is 0.402. The van der Waals surface area contributed by atoms with Crippen molar-refractivity contribution in [2.75, 3.05) is 13.7 Å². The molecule has 0 aromatic heterocycles. The molecule has 3 atom stereocenters. The van der Waals surface area contributed by atoms with Gasteiger partial charge in [0.1, 0.15) is 12.1 Å². The highest BCUT2D eigenvalue weighted by Gasteiger charge is 2.25. The topological polar surface area (TPSA) is 122 Å². The largest absolute Gasteiger partial charge is 0.467 e. The number of methoxy groups -OCH3 is 1. The van der Waals surface area contributed by atoms with Crippen molar-refractivity contribution in [3.8, 4) is 23.7 Å². The summed E-state index contributed by atoms with van der Waals surface area (Å²) in [5.74, 6) is 8.94. The molecule has 1 aromatic rings. The van der Waals surface area contributed by atoms with E-state index in [4.69, 9.17) is 15.9 Å². The van der Waals surface area contributed by atoms with Crippen LogP contribution in [0, 0.1) is 23.7 Å². The predicted molar refractivity (Wildman–Crippen MR) is 91.1 cm³/mol. The zero-order valence-corrected chi connectivity index (χ0v) is 13.9. The van der Waals surface area contributed by atoms with Crippen molar-refractivity contribution in [3.05, 3.63) is 35.4 Å². The summed E-state index contributed by atoms with van der Waals surface area (Å²) in [7, 11) is 1.22. The summed E-state index contributed by atoms with van der Waals surface area (Å²) in [5.41, 5.74) is 6.63. The Morgan fingerprint density at radius 3 is 2.44 bits per heavy atom. The minimum absolute atomic E-state index is 0.335. The monoisotopic (exact) mass is 344 g/mol. The second-order valence-corrected chi connectivity index (χ2v) is 5.13. The highest BCUT2D eigenvalue weighted by atomic mass is 16.5. The van der Waals surface area contributed by atoms with E-state index < -0.39 is 36.7 Å². The molecule has 0 saturated heterocycles. The Labute approximate surface area is 146 Å². The summed E-state index contributed by atoms with van der Waals surface area (Å²) in [5, 5.41) is 20.2. The number of rotatable bonds is 5. The molecular weight excluding hydrogens is 324 g/mol. The molecule has 1 unspecified atom stereocenters. The first-order valence-corrected chi connectivity index (χ1v) is 7.43. The van der Waals surface area contributed by atoms with Gasteiger partial charge in [0.15, 0.2) is 0 Å². The average molecular weight is 344 g/mol. The van der Waals surface area contributed by atoms with Gasteiger partial charge in [0.2, 0.25) is 0 Å². The van der Waals surface area contributed by atoms with Crippen LogP contribution in [-0.4, -0.2) is 54.0 Å². The third-order valence-corrected chi connectivity index (χ3v) is 3.10. The van der Waals surface area contributed by atoms with Gasteiger partial charge in [-0.15, -0.1) is 0 Å². The van der Waals surface area contributed by atoms with Crippen LogP contribution in [0.4, 0.5) is 0 Å². The van der Waals surface area contributed by atoms with Crippen LogP contribution in [0.3, 0.4) is 0 Å². The predicted octanol–water partition coefficient (Wildman–Crippen LogP) is -0.987. The van der Waals surface area contributed by atoms with E-state index in [0.717, 1.165) is 0 Å². The van der Waals surface area contributed by atoms with Crippen molar-refractivity contribution >= 4 is 11.9 Å². The van der Waals surface area contributed by atoms with Gasteiger partial charge in [0.25, 0.3) is 5.91 Å². The number of aliphatic hydroxyl groups is 2. The third-order valence-electron chi connectivity index (χ3n) is 3.10. The summed E-state index contributed by atoms with van der Waals surface area (Å²) < 4.78 is 4.61. The molecule has 0 fully saturated rings. The minimum Gasteiger partial charge on any atom is -0.467 e. The van der Waals surface area contributed by atoms with Crippen LogP contribution in [0.25, 0.3) is 0 Å². The van der Waals surface area contributed by atoms with Crippen molar-refractivity contribution in [3.63, 3.8) is 0 Å². The zero-order valence-electron chi connectivity index (χ0n) is 13.9. The van der Waals surface area contributed by atoms with Crippen LogP contribution in [0.2, 0.25) is 0 Å². The zero-order chi connectivity index (χ0) is 18.8. The summed E-state index contributed by atoms with van der Waals surface area (Å²) in [6.45, 7) is 1.14. The van der Waals surface area contributed by atoms with Crippen LogP contribution in [0.5, 0.6) is 0 Å². The Morgan fingerprint density at radius 1 is 1.28 bits per heavy atom. The molecule has 25 heavy (non-hydrogen) atoms. The van der Waals surface area contributed by atoms with Crippen LogP contribution in [0.1, 0.15) is 22.8 Å². The Hall–Kier alpha value is -2.84. The van der Waals surface area contributed by atoms with E-state index in [1.807, 2.05) is 0 Å². The summed E-state index contributed by atoms with van der Waals surface area (Å²) >= 11 is 0. The molecule has 7 nitrogen and oxygen atoms in total. The van der Waals surface area contributed by atoms with Crippen molar-refractivity contribution in [2.24, 2.45) is 5.73 Å². The molecular formula is C18H20N2O5. The molecule has 0 heterocycles. The number of hydrogen-bond donors (Lipinski definition) is 4. The highest BCUT2D eigenvalue weighted by Crippen LogP contribution is 2.05. The number of benzene rings is 1. The normalized spacial score (nSPS) is 13.2. The maximum Gasteiger partial charge on any atom is 0.329 e. The van der Waals surface area contributed by atoms with E-state index in [1.165, 1.54) is 7.11 Å². The minimum atomic E-state index is -1.12. The Morgan fingerprint density at radius 2 is 1.92 bits per heavy atom. The first kappa shape index (κ1) is 20.2. The molecule has 0 radical (unpaired) electrons. The van der Waals surface area contributed by atoms with Crippen LogP contribution in [0.15, 0.2) is 24.3 Å². The van der Waals surface area contributed by atoms with E-state index in [-0.39, 0.29) is 0 Å². The lowest BCUT2D eigenvalue weighted by Gasteiger charge is -2.19. The molecule has 7 heteroatoms.